The number of benzene rings is 2. The fraction of sp³-hybridized carbons (Fsp3) is 0.500. The third kappa shape index (κ3) is 9.39. The second-order valence-corrected chi connectivity index (χ2v) is 11.4. The van der Waals surface area contributed by atoms with Crippen LogP contribution in [0.15, 0.2) is 54.6 Å². The van der Waals surface area contributed by atoms with Crippen molar-refractivity contribution in [3.05, 3.63) is 65.7 Å². The molecule has 38 heavy (non-hydrogen) atoms. The van der Waals surface area contributed by atoms with Gasteiger partial charge in [-0.15, -0.1) is 0 Å². The standard InChI is InChI=1S/C30H43N3O5/c1-8-9-19-31-26(35)25(22-15-17-23(34)18-16-22)33(29(2,3)4)27(36)24(20-21-13-11-10-12-14-21)32-28(37)38-30(5,6)7/h10-18,24-25,34H,8-9,19-20H2,1-7H3,(H,31,35)(H,32,37). The van der Waals surface area contributed by atoms with Gasteiger partial charge in [0.05, 0.1) is 0 Å². The first kappa shape index (κ1) is 30.7. The second kappa shape index (κ2) is 13.3. The maximum Gasteiger partial charge on any atom is 0.408 e. The average molecular weight is 526 g/mol. The minimum absolute atomic E-state index is 0.0565. The molecule has 0 heterocycles. The highest BCUT2D eigenvalue weighted by Gasteiger charge is 2.41. The lowest BCUT2D eigenvalue weighted by molar-refractivity contribution is -0.148. The minimum Gasteiger partial charge on any atom is -0.508 e. The predicted molar refractivity (Wildman–Crippen MR) is 149 cm³/mol. The number of hydrogen-bond acceptors (Lipinski definition) is 5. The Morgan fingerprint density at radius 3 is 2.08 bits per heavy atom. The monoisotopic (exact) mass is 525 g/mol. The lowest BCUT2D eigenvalue weighted by atomic mass is 9.94. The number of rotatable bonds is 10. The van der Waals surface area contributed by atoms with Gasteiger partial charge in [0.25, 0.3) is 0 Å². The van der Waals surface area contributed by atoms with Crippen LogP contribution in [-0.4, -0.2) is 51.6 Å². The summed E-state index contributed by atoms with van der Waals surface area (Å²) >= 11 is 0. The second-order valence-electron chi connectivity index (χ2n) is 11.4. The van der Waals surface area contributed by atoms with Crippen LogP contribution in [-0.2, 0) is 20.7 Å². The van der Waals surface area contributed by atoms with Gasteiger partial charge in [-0.25, -0.2) is 4.79 Å². The van der Waals surface area contributed by atoms with E-state index in [0.717, 1.165) is 18.4 Å². The van der Waals surface area contributed by atoms with Gasteiger partial charge in [0.15, 0.2) is 0 Å². The Hall–Kier alpha value is -3.55. The lowest BCUT2D eigenvalue weighted by Crippen LogP contribution is -2.59. The number of carbonyl (C=O) groups excluding carboxylic acids is 3. The molecule has 208 valence electrons. The Balaban J connectivity index is 2.55. The third-order valence-electron chi connectivity index (χ3n) is 5.78. The van der Waals surface area contributed by atoms with E-state index in [2.05, 4.69) is 10.6 Å². The number of amides is 3. The number of unbranched alkanes of at least 4 members (excludes halogenated alkanes) is 1. The van der Waals surface area contributed by atoms with Gasteiger partial charge < -0.3 is 25.4 Å². The first-order valence-electron chi connectivity index (χ1n) is 13.2. The quantitative estimate of drug-likeness (QED) is 0.374. The van der Waals surface area contributed by atoms with Crippen LogP contribution in [0.2, 0.25) is 0 Å². The highest BCUT2D eigenvalue weighted by Crippen LogP contribution is 2.31. The van der Waals surface area contributed by atoms with Crippen molar-refractivity contribution in [2.45, 2.75) is 91.0 Å². The Bertz CT molecular complexity index is 1060. The number of nitrogens with zero attached hydrogens (tertiary/aromatic N) is 1. The van der Waals surface area contributed by atoms with E-state index in [1.807, 2.05) is 58.0 Å². The Morgan fingerprint density at radius 1 is 0.947 bits per heavy atom. The molecule has 0 aliphatic carbocycles. The van der Waals surface area contributed by atoms with E-state index in [9.17, 15) is 19.5 Å². The summed E-state index contributed by atoms with van der Waals surface area (Å²) in [5.41, 5.74) is -0.145. The Kier molecular flexibility index (Phi) is 10.7. The highest BCUT2D eigenvalue weighted by atomic mass is 16.6. The van der Waals surface area contributed by atoms with Gasteiger partial charge in [0.2, 0.25) is 11.8 Å². The first-order valence-corrected chi connectivity index (χ1v) is 13.2. The molecule has 0 saturated heterocycles. The summed E-state index contributed by atoms with van der Waals surface area (Å²) in [5.74, 6) is -0.694. The summed E-state index contributed by atoms with van der Waals surface area (Å²) in [6.07, 6.45) is 1.21. The smallest absolute Gasteiger partial charge is 0.408 e. The number of nitrogens with one attached hydrogen (secondary N) is 2. The molecule has 2 unspecified atom stereocenters. The van der Waals surface area contributed by atoms with E-state index in [4.69, 9.17) is 4.74 Å². The molecule has 0 saturated carbocycles. The van der Waals surface area contributed by atoms with Crippen molar-refractivity contribution in [3.8, 4) is 5.75 Å². The van der Waals surface area contributed by atoms with Crippen molar-refractivity contribution in [2.24, 2.45) is 0 Å². The molecular weight excluding hydrogens is 482 g/mol. The number of phenolic OH excluding ortho intramolecular Hbond substituents is 1. The van der Waals surface area contributed by atoms with Crippen molar-refractivity contribution in [3.63, 3.8) is 0 Å². The van der Waals surface area contributed by atoms with Crippen LogP contribution in [0.3, 0.4) is 0 Å². The fourth-order valence-corrected chi connectivity index (χ4v) is 4.07. The molecule has 0 spiro atoms. The first-order chi connectivity index (χ1) is 17.7. The molecule has 0 bridgehead atoms. The van der Waals surface area contributed by atoms with E-state index in [0.29, 0.717) is 12.1 Å². The fourth-order valence-electron chi connectivity index (χ4n) is 4.07. The minimum atomic E-state index is -0.991. The largest absolute Gasteiger partial charge is 0.508 e. The number of aromatic hydroxyl groups is 1. The topological polar surface area (TPSA) is 108 Å². The van der Waals surface area contributed by atoms with Crippen molar-refractivity contribution in [1.82, 2.24) is 15.5 Å². The summed E-state index contributed by atoms with van der Waals surface area (Å²) in [5, 5.41) is 15.6. The zero-order chi connectivity index (χ0) is 28.5. The highest BCUT2D eigenvalue weighted by molar-refractivity contribution is 5.92. The van der Waals surface area contributed by atoms with Gasteiger partial charge in [-0.1, -0.05) is 55.8 Å². The molecular formula is C30H43N3O5. The molecule has 0 aliphatic heterocycles. The van der Waals surface area contributed by atoms with Gasteiger partial charge >= 0.3 is 6.09 Å². The number of hydrogen-bond donors (Lipinski definition) is 3. The molecule has 2 atom stereocenters. The summed E-state index contributed by atoms with van der Waals surface area (Å²) in [4.78, 5) is 42.3. The van der Waals surface area contributed by atoms with E-state index >= 15 is 0 Å². The number of phenols is 1. The normalized spacial score (nSPS) is 13.2. The van der Waals surface area contributed by atoms with E-state index in [-0.39, 0.29) is 18.1 Å². The lowest BCUT2D eigenvalue weighted by Gasteiger charge is -2.43. The van der Waals surface area contributed by atoms with Crippen molar-refractivity contribution >= 4 is 17.9 Å². The van der Waals surface area contributed by atoms with Crippen LogP contribution in [0.4, 0.5) is 4.79 Å². The molecule has 2 aromatic rings. The van der Waals surface area contributed by atoms with Gasteiger partial charge in [0, 0.05) is 18.5 Å². The third-order valence-corrected chi connectivity index (χ3v) is 5.78. The summed E-state index contributed by atoms with van der Waals surface area (Å²) < 4.78 is 5.46. The Labute approximate surface area is 226 Å². The van der Waals surface area contributed by atoms with Gasteiger partial charge in [-0.05, 0) is 71.2 Å². The molecule has 8 nitrogen and oxygen atoms in total. The van der Waals surface area contributed by atoms with Gasteiger partial charge in [0.1, 0.15) is 23.4 Å². The molecule has 3 amide bonds. The van der Waals surface area contributed by atoms with Gasteiger partial charge in [-0.3, -0.25) is 9.59 Å². The maximum atomic E-state index is 14.3. The molecule has 3 N–H and O–H groups in total. The molecule has 0 aromatic heterocycles. The molecule has 0 aliphatic rings. The van der Waals surface area contributed by atoms with Crippen molar-refractivity contribution < 1.29 is 24.2 Å². The van der Waals surface area contributed by atoms with Crippen LogP contribution in [0, 0.1) is 0 Å². The average Bonchev–Trinajstić information content (AvgIpc) is 2.81. The number of carbonyl (C=O) groups is 3. The Morgan fingerprint density at radius 2 is 1.55 bits per heavy atom. The zero-order valence-corrected chi connectivity index (χ0v) is 23.7. The van der Waals surface area contributed by atoms with E-state index in [1.54, 1.807) is 32.9 Å². The molecule has 2 aromatic carbocycles. The maximum absolute atomic E-state index is 14.3. The van der Waals surface area contributed by atoms with Crippen molar-refractivity contribution in [2.75, 3.05) is 6.54 Å². The van der Waals surface area contributed by atoms with Crippen LogP contribution in [0.25, 0.3) is 0 Å². The molecule has 2 rings (SSSR count). The molecule has 0 fully saturated rings. The van der Waals surface area contributed by atoms with Crippen LogP contribution < -0.4 is 10.6 Å². The van der Waals surface area contributed by atoms with E-state index < -0.39 is 35.2 Å². The number of ether oxygens (including phenoxy) is 1. The SMILES string of the molecule is CCCCNC(=O)C(c1ccc(O)cc1)N(C(=O)C(Cc1ccccc1)NC(=O)OC(C)(C)C)C(C)(C)C. The van der Waals surface area contributed by atoms with Gasteiger partial charge in [-0.2, -0.15) is 0 Å². The summed E-state index contributed by atoms with van der Waals surface area (Å²) in [7, 11) is 0. The van der Waals surface area contributed by atoms with Crippen LogP contribution in [0.1, 0.15) is 78.5 Å². The van der Waals surface area contributed by atoms with Crippen molar-refractivity contribution in [1.29, 1.82) is 0 Å². The zero-order valence-electron chi connectivity index (χ0n) is 23.7. The molecule has 0 radical (unpaired) electrons. The summed E-state index contributed by atoms with van der Waals surface area (Å²) in [6.45, 7) is 13.3. The molecule has 8 heteroatoms. The number of alkyl carbamates (subject to hydrolysis) is 1. The predicted octanol–water partition coefficient (Wildman–Crippen LogP) is 5.11. The summed E-state index contributed by atoms with van der Waals surface area (Å²) in [6, 6.07) is 13.7. The van der Waals surface area contributed by atoms with E-state index in [1.165, 1.54) is 17.0 Å². The van der Waals surface area contributed by atoms with Crippen LogP contribution >= 0.6 is 0 Å². The van der Waals surface area contributed by atoms with Crippen LogP contribution in [0.5, 0.6) is 5.75 Å².